The predicted octanol–water partition coefficient (Wildman–Crippen LogP) is 3.10. The van der Waals surface area contributed by atoms with Crippen LogP contribution in [0.25, 0.3) is 0 Å². The van der Waals surface area contributed by atoms with Crippen LogP contribution in [0.2, 0.25) is 0 Å². The van der Waals surface area contributed by atoms with E-state index in [4.69, 9.17) is 0 Å². The fraction of sp³-hybridized carbons (Fsp3) is 0.938. The number of nitrogens with zero attached hydrogens (tertiary/aromatic N) is 1. The number of carbonyl (C=O) groups excluding carboxylic acids is 1. The zero-order chi connectivity index (χ0) is 14.9. The van der Waals surface area contributed by atoms with Crippen molar-refractivity contribution in [1.82, 2.24) is 10.2 Å². The van der Waals surface area contributed by atoms with Gasteiger partial charge in [-0.05, 0) is 43.8 Å². The molecular formula is C16H30N2OS. The molecule has 4 heteroatoms. The topological polar surface area (TPSA) is 32.3 Å². The van der Waals surface area contributed by atoms with Crippen molar-refractivity contribution in [2.75, 3.05) is 6.26 Å². The Bertz CT molecular complexity index is 345. The summed E-state index contributed by atoms with van der Waals surface area (Å²) in [7, 11) is 0. The third-order valence-electron chi connectivity index (χ3n) is 4.67. The molecule has 4 atom stereocenters. The summed E-state index contributed by atoms with van der Waals surface area (Å²) in [5.74, 6) is 1.34. The van der Waals surface area contributed by atoms with Gasteiger partial charge in [0.1, 0.15) is 0 Å². The summed E-state index contributed by atoms with van der Waals surface area (Å²) in [5.41, 5.74) is 0. The second kappa shape index (κ2) is 6.69. The van der Waals surface area contributed by atoms with Crippen molar-refractivity contribution in [2.45, 2.75) is 76.9 Å². The predicted molar refractivity (Wildman–Crippen MR) is 86.8 cm³/mol. The summed E-state index contributed by atoms with van der Waals surface area (Å²) in [6, 6.07) is 0.479. The van der Waals surface area contributed by atoms with Crippen molar-refractivity contribution in [3.8, 4) is 0 Å². The summed E-state index contributed by atoms with van der Waals surface area (Å²) in [6.07, 6.45) is 7.12. The minimum atomic E-state index is 0.0204. The highest BCUT2D eigenvalue weighted by Crippen LogP contribution is 2.35. The molecule has 3 nitrogen and oxygen atoms in total. The molecule has 2 rings (SSSR count). The second-order valence-corrected chi connectivity index (χ2v) is 8.24. The van der Waals surface area contributed by atoms with Crippen LogP contribution >= 0.6 is 11.8 Å². The molecule has 4 unspecified atom stereocenters. The van der Waals surface area contributed by atoms with E-state index in [1.54, 1.807) is 0 Å². The maximum Gasteiger partial charge on any atom is 0.241 e. The van der Waals surface area contributed by atoms with Crippen LogP contribution in [-0.4, -0.2) is 40.6 Å². The van der Waals surface area contributed by atoms with Gasteiger partial charge in [0.05, 0.1) is 12.2 Å². The van der Waals surface area contributed by atoms with Gasteiger partial charge in [0.2, 0.25) is 5.91 Å². The van der Waals surface area contributed by atoms with Crippen LogP contribution in [0.4, 0.5) is 0 Å². The molecule has 1 aliphatic carbocycles. The van der Waals surface area contributed by atoms with Gasteiger partial charge in [-0.3, -0.25) is 10.1 Å². The molecule has 0 aromatic heterocycles. The van der Waals surface area contributed by atoms with E-state index in [2.05, 4.69) is 44.2 Å². The van der Waals surface area contributed by atoms with E-state index in [0.717, 1.165) is 11.7 Å². The van der Waals surface area contributed by atoms with Crippen molar-refractivity contribution >= 4 is 17.7 Å². The number of nitrogens with one attached hydrogen (secondary N) is 1. The van der Waals surface area contributed by atoms with E-state index in [1.807, 2.05) is 11.8 Å². The second-order valence-electron chi connectivity index (χ2n) is 7.10. The van der Waals surface area contributed by atoms with Gasteiger partial charge in [-0.15, -0.1) is 0 Å². The molecule has 0 spiro atoms. The molecule has 0 aromatic carbocycles. The number of thioether (sulfide) groups is 1. The Morgan fingerprint density at radius 2 is 2.00 bits per heavy atom. The zero-order valence-corrected chi connectivity index (χ0v) is 14.4. The zero-order valence-electron chi connectivity index (χ0n) is 13.6. The number of hydrogen-bond acceptors (Lipinski definition) is 3. The lowest BCUT2D eigenvalue weighted by Crippen LogP contribution is -2.44. The molecule has 1 aliphatic heterocycles. The molecule has 0 aromatic rings. The van der Waals surface area contributed by atoms with E-state index in [9.17, 15) is 4.79 Å². The largest absolute Gasteiger partial charge is 0.323 e. The van der Waals surface area contributed by atoms with Gasteiger partial charge < -0.3 is 4.90 Å². The highest BCUT2D eigenvalue weighted by atomic mass is 32.2. The smallest absolute Gasteiger partial charge is 0.241 e. The van der Waals surface area contributed by atoms with Crippen LogP contribution in [-0.2, 0) is 4.79 Å². The normalized spacial score (nSPS) is 34.8. The highest BCUT2D eigenvalue weighted by Gasteiger charge is 2.45. The molecule has 1 saturated carbocycles. The first-order valence-corrected chi connectivity index (χ1v) is 9.33. The van der Waals surface area contributed by atoms with E-state index in [1.165, 1.54) is 19.3 Å². The molecule has 2 fully saturated rings. The maximum atomic E-state index is 12.8. The highest BCUT2D eigenvalue weighted by molar-refractivity contribution is 7.99. The van der Waals surface area contributed by atoms with E-state index in [0.29, 0.717) is 23.8 Å². The van der Waals surface area contributed by atoms with Crippen molar-refractivity contribution in [1.29, 1.82) is 0 Å². The van der Waals surface area contributed by atoms with Gasteiger partial charge in [0.25, 0.3) is 0 Å². The van der Waals surface area contributed by atoms with Crippen LogP contribution < -0.4 is 5.32 Å². The van der Waals surface area contributed by atoms with Gasteiger partial charge in [0.15, 0.2) is 0 Å². The monoisotopic (exact) mass is 298 g/mol. The lowest BCUT2D eigenvalue weighted by Gasteiger charge is -2.31. The molecule has 1 heterocycles. The van der Waals surface area contributed by atoms with Gasteiger partial charge in [0, 0.05) is 11.3 Å². The Hall–Kier alpha value is -0.220. The van der Waals surface area contributed by atoms with E-state index in [-0.39, 0.29) is 12.2 Å². The Labute approximate surface area is 128 Å². The number of rotatable bonds is 5. The third-order valence-corrected chi connectivity index (χ3v) is 5.77. The minimum absolute atomic E-state index is 0.0204. The lowest BCUT2D eigenvalue weighted by molar-refractivity contribution is -0.133. The first-order chi connectivity index (χ1) is 9.43. The van der Waals surface area contributed by atoms with Crippen molar-refractivity contribution in [3.63, 3.8) is 0 Å². The molecule has 0 bridgehead atoms. The summed E-state index contributed by atoms with van der Waals surface area (Å²) in [5, 5.41) is 4.34. The Morgan fingerprint density at radius 3 is 2.50 bits per heavy atom. The fourth-order valence-corrected chi connectivity index (χ4v) is 4.38. The molecule has 1 N–H and O–H groups in total. The molecule has 0 radical (unpaired) electrons. The van der Waals surface area contributed by atoms with Gasteiger partial charge in [-0.2, -0.15) is 11.8 Å². The third kappa shape index (κ3) is 3.33. The summed E-state index contributed by atoms with van der Waals surface area (Å²) in [4.78, 5) is 15.0. The molecule has 1 amide bonds. The van der Waals surface area contributed by atoms with Gasteiger partial charge >= 0.3 is 0 Å². The number of hydrogen-bond donors (Lipinski definition) is 1. The van der Waals surface area contributed by atoms with E-state index < -0.39 is 0 Å². The fourth-order valence-electron chi connectivity index (χ4n) is 3.60. The van der Waals surface area contributed by atoms with Crippen LogP contribution in [0, 0.1) is 11.8 Å². The van der Waals surface area contributed by atoms with Crippen LogP contribution in [0.1, 0.15) is 53.4 Å². The van der Waals surface area contributed by atoms with Gasteiger partial charge in [-0.25, -0.2) is 0 Å². The van der Waals surface area contributed by atoms with Crippen LogP contribution in [0.5, 0.6) is 0 Å². The first-order valence-electron chi connectivity index (χ1n) is 8.05. The summed E-state index contributed by atoms with van der Waals surface area (Å²) >= 11 is 1.96. The average Bonchev–Trinajstić information content (AvgIpc) is 2.93. The van der Waals surface area contributed by atoms with Crippen molar-refractivity contribution in [2.24, 2.45) is 11.8 Å². The molecule has 1 saturated heterocycles. The standard InChI is InChI=1S/C16H30N2OS/c1-10(2)8-14-17-15(11(3)4)16(19)18(14)12-6-7-13(9-12)20-5/h10-15,17H,6-9H2,1-5H3. The Balaban J connectivity index is 2.11. The molecule has 2 aliphatic rings. The quantitative estimate of drug-likeness (QED) is 0.846. The Kier molecular flexibility index (Phi) is 5.41. The summed E-state index contributed by atoms with van der Waals surface area (Å²) < 4.78 is 0. The summed E-state index contributed by atoms with van der Waals surface area (Å²) in [6.45, 7) is 8.77. The first kappa shape index (κ1) is 16.2. The number of amides is 1. The molecule has 116 valence electrons. The Morgan fingerprint density at radius 1 is 1.30 bits per heavy atom. The van der Waals surface area contributed by atoms with Crippen molar-refractivity contribution < 1.29 is 4.79 Å². The average molecular weight is 298 g/mol. The van der Waals surface area contributed by atoms with Crippen LogP contribution in [0.3, 0.4) is 0 Å². The SMILES string of the molecule is CSC1CCC(N2C(=O)C(C(C)C)NC2CC(C)C)C1. The van der Waals surface area contributed by atoms with Crippen LogP contribution in [0.15, 0.2) is 0 Å². The number of carbonyl (C=O) groups is 1. The van der Waals surface area contributed by atoms with E-state index >= 15 is 0 Å². The maximum absolute atomic E-state index is 12.8. The molecule has 20 heavy (non-hydrogen) atoms. The lowest BCUT2D eigenvalue weighted by atomic mass is 10.0. The van der Waals surface area contributed by atoms with Crippen molar-refractivity contribution in [3.05, 3.63) is 0 Å². The van der Waals surface area contributed by atoms with Gasteiger partial charge in [-0.1, -0.05) is 27.7 Å². The minimum Gasteiger partial charge on any atom is -0.323 e. The molecular weight excluding hydrogens is 268 g/mol.